The third-order valence-corrected chi connectivity index (χ3v) is 4.98. The van der Waals surface area contributed by atoms with E-state index in [1.165, 1.54) is 13.0 Å². The molecule has 0 unspecified atom stereocenters. The second-order valence-electron chi connectivity index (χ2n) is 7.47. The summed E-state index contributed by atoms with van der Waals surface area (Å²) in [6.45, 7) is 4.38. The van der Waals surface area contributed by atoms with Gasteiger partial charge in [0.25, 0.3) is 0 Å². The van der Waals surface area contributed by atoms with Crippen LogP contribution in [0.2, 0.25) is 0 Å². The van der Waals surface area contributed by atoms with Crippen LogP contribution in [-0.4, -0.2) is 91.4 Å². The van der Waals surface area contributed by atoms with Crippen LogP contribution in [-0.2, 0) is 47.7 Å². The van der Waals surface area contributed by atoms with E-state index in [9.17, 15) is 24.0 Å². The number of nitrogens with one attached hydrogen (secondary N) is 3. The van der Waals surface area contributed by atoms with E-state index in [4.69, 9.17) is 47.5 Å². The molecule has 1 amide bonds. The number of carbonyl (C=O) groups excluding carboxylic acids is 5. The summed E-state index contributed by atoms with van der Waals surface area (Å²) in [5.74, 6) is -3.69. The maximum Gasteiger partial charge on any atom is 0.373 e. The minimum atomic E-state index is -1.45. The number of esters is 4. The maximum absolute atomic E-state index is 12.4. The van der Waals surface area contributed by atoms with Crippen LogP contribution in [0.4, 0.5) is 0 Å². The molecule has 13 nitrogen and oxygen atoms in total. The van der Waals surface area contributed by atoms with Crippen molar-refractivity contribution >= 4 is 58.7 Å². The molecule has 0 spiro atoms. The fourth-order valence-electron chi connectivity index (χ4n) is 3.27. The first-order valence-electron chi connectivity index (χ1n) is 10.7. The minimum absolute atomic E-state index is 0.137. The molecule has 5 atom stereocenters. The summed E-state index contributed by atoms with van der Waals surface area (Å²) in [6.07, 6.45) is -2.83. The summed E-state index contributed by atoms with van der Waals surface area (Å²) in [7, 11) is 1.13. The van der Waals surface area contributed by atoms with Crippen LogP contribution < -0.4 is 16.0 Å². The first kappa shape index (κ1) is 30.9. The summed E-state index contributed by atoms with van der Waals surface area (Å²) in [5, 5.41) is 8.59. The number of alkyl halides is 1. The molecule has 3 N–H and O–H groups in total. The van der Waals surface area contributed by atoms with Gasteiger partial charge in [0.05, 0.1) is 19.2 Å². The lowest BCUT2D eigenvalue weighted by atomic mass is 9.91. The molecule has 0 aromatic carbocycles. The van der Waals surface area contributed by atoms with Crippen molar-refractivity contribution in [2.24, 2.45) is 0 Å². The number of methoxy groups -OCH3 is 1. The van der Waals surface area contributed by atoms with Gasteiger partial charge in [-0.2, -0.15) is 0 Å². The van der Waals surface area contributed by atoms with Crippen molar-refractivity contribution in [2.45, 2.75) is 58.1 Å². The smallest absolute Gasteiger partial charge is 0.373 e. The molecule has 0 aliphatic carbocycles. The van der Waals surface area contributed by atoms with Crippen molar-refractivity contribution in [3.63, 3.8) is 0 Å². The van der Waals surface area contributed by atoms with Gasteiger partial charge in [0.15, 0.2) is 23.4 Å². The Morgan fingerprint density at radius 1 is 1.06 bits per heavy atom. The Hall–Kier alpha value is -3.13. The van der Waals surface area contributed by atoms with E-state index in [-0.39, 0.29) is 16.8 Å². The Morgan fingerprint density at radius 3 is 2.19 bits per heavy atom. The quantitative estimate of drug-likeness (QED) is 0.129. The van der Waals surface area contributed by atoms with Gasteiger partial charge in [0.2, 0.25) is 11.7 Å². The lowest BCUT2D eigenvalue weighted by Gasteiger charge is -2.42. The van der Waals surface area contributed by atoms with Crippen molar-refractivity contribution in [3.05, 3.63) is 11.8 Å². The molecule has 0 bridgehead atoms. The zero-order chi connectivity index (χ0) is 27.4. The third kappa shape index (κ3) is 10.2. The van der Waals surface area contributed by atoms with Gasteiger partial charge in [-0.3, -0.25) is 19.2 Å². The second kappa shape index (κ2) is 15.1. The number of ether oxygens (including phenoxy) is 5. The normalized spacial score (nSPS) is 20.3. The van der Waals surface area contributed by atoms with Crippen LogP contribution in [0.3, 0.4) is 0 Å². The molecule has 1 heterocycles. The summed E-state index contributed by atoms with van der Waals surface area (Å²) in [4.78, 5) is 59.8. The van der Waals surface area contributed by atoms with Crippen LogP contribution in [0, 0.1) is 0 Å². The number of thiocarbonyl (C=S) groups is 1. The molecule has 0 aromatic heterocycles. The molecular formula is C21H30ClN3O10S. The Morgan fingerprint density at radius 2 is 1.69 bits per heavy atom. The van der Waals surface area contributed by atoms with E-state index in [1.54, 1.807) is 0 Å². The summed E-state index contributed by atoms with van der Waals surface area (Å²) < 4.78 is 26.3. The Bertz CT molecular complexity index is 884. The predicted molar refractivity (Wildman–Crippen MR) is 129 cm³/mol. The van der Waals surface area contributed by atoms with Crippen molar-refractivity contribution < 1.29 is 47.7 Å². The van der Waals surface area contributed by atoms with Crippen molar-refractivity contribution in [3.8, 4) is 0 Å². The topological polar surface area (TPSA) is 168 Å². The van der Waals surface area contributed by atoms with Gasteiger partial charge in [0.1, 0.15) is 6.61 Å². The molecule has 1 aliphatic rings. The largest absolute Gasteiger partial charge is 0.477 e. The summed E-state index contributed by atoms with van der Waals surface area (Å²) in [6, 6.07) is -1.94. The zero-order valence-electron chi connectivity index (χ0n) is 20.5. The molecule has 36 heavy (non-hydrogen) atoms. The third-order valence-electron chi connectivity index (χ3n) is 4.53. The highest BCUT2D eigenvalue weighted by Gasteiger charge is 2.48. The van der Waals surface area contributed by atoms with E-state index in [1.807, 2.05) is 0 Å². The number of hydrogen-bond acceptors (Lipinski definition) is 11. The standard InChI is InChI=1S/C21H30ClN3O10S/c1-10(26)24-17-14(25-21(36)23-7-6-22)8-15(20(30)31-5)35-19(17)18(34-13(4)29)16(33-12(3)28)9-32-11(2)27/h8,14,16-19H,6-7,9H2,1-5H3,(H,24,26)(H2,23,25,36)/t14-,16+,17+,18+,19+/m0/s1. The molecule has 1 rings (SSSR count). The van der Waals surface area contributed by atoms with Gasteiger partial charge in [-0.15, -0.1) is 11.6 Å². The Labute approximate surface area is 218 Å². The monoisotopic (exact) mass is 551 g/mol. The Kier molecular flexibility index (Phi) is 12.9. The number of rotatable bonds is 11. The number of carbonyl (C=O) groups is 5. The van der Waals surface area contributed by atoms with E-state index in [2.05, 4.69) is 16.0 Å². The fraction of sp³-hybridized carbons (Fsp3) is 0.619. The van der Waals surface area contributed by atoms with Gasteiger partial charge >= 0.3 is 23.9 Å². The average molecular weight is 552 g/mol. The van der Waals surface area contributed by atoms with Crippen molar-refractivity contribution in [1.29, 1.82) is 0 Å². The molecule has 0 saturated carbocycles. The lowest BCUT2D eigenvalue weighted by Crippen LogP contribution is -2.65. The molecule has 15 heteroatoms. The number of amides is 1. The zero-order valence-corrected chi connectivity index (χ0v) is 22.0. The Balaban J connectivity index is 3.58. The van der Waals surface area contributed by atoms with Crippen LogP contribution in [0.5, 0.6) is 0 Å². The van der Waals surface area contributed by atoms with E-state index in [0.717, 1.165) is 27.9 Å². The predicted octanol–water partition coefficient (Wildman–Crippen LogP) is -0.555. The first-order valence-corrected chi connectivity index (χ1v) is 11.7. The van der Waals surface area contributed by atoms with Gasteiger partial charge in [0, 0.05) is 40.1 Å². The van der Waals surface area contributed by atoms with Crippen LogP contribution in [0.1, 0.15) is 27.7 Å². The molecular weight excluding hydrogens is 522 g/mol. The second-order valence-corrected chi connectivity index (χ2v) is 8.26. The highest BCUT2D eigenvalue weighted by atomic mass is 35.5. The van der Waals surface area contributed by atoms with Gasteiger partial charge in [-0.1, -0.05) is 0 Å². The van der Waals surface area contributed by atoms with E-state index < -0.39 is 66.8 Å². The van der Waals surface area contributed by atoms with Crippen LogP contribution in [0.25, 0.3) is 0 Å². The van der Waals surface area contributed by atoms with Crippen LogP contribution in [0.15, 0.2) is 11.8 Å². The molecule has 0 fully saturated rings. The van der Waals surface area contributed by atoms with Crippen LogP contribution >= 0.6 is 23.8 Å². The molecule has 1 aliphatic heterocycles. The molecule has 0 radical (unpaired) electrons. The lowest BCUT2D eigenvalue weighted by molar-refractivity contribution is -0.188. The van der Waals surface area contributed by atoms with Crippen molar-refractivity contribution in [2.75, 3.05) is 26.1 Å². The molecule has 0 saturated heterocycles. The van der Waals surface area contributed by atoms with Gasteiger partial charge in [-0.05, 0) is 18.3 Å². The SMILES string of the molecule is COC(=O)C1=C[C@H](NC(=S)NCCCl)[C@@H](NC(C)=O)[C@H]([C@H](OC(C)=O)[C@@H](COC(C)=O)OC(C)=O)O1. The highest BCUT2D eigenvalue weighted by molar-refractivity contribution is 7.80. The number of hydrogen-bond donors (Lipinski definition) is 3. The summed E-state index contributed by atoms with van der Waals surface area (Å²) >= 11 is 10.9. The first-order chi connectivity index (χ1) is 16.9. The van der Waals surface area contributed by atoms with E-state index in [0.29, 0.717) is 6.54 Å². The maximum atomic E-state index is 12.4. The van der Waals surface area contributed by atoms with Crippen molar-refractivity contribution in [1.82, 2.24) is 16.0 Å². The fourth-order valence-corrected chi connectivity index (χ4v) is 3.61. The minimum Gasteiger partial charge on any atom is -0.477 e. The number of halogens is 1. The van der Waals surface area contributed by atoms with Gasteiger partial charge < -0.3 is 39.6 Å². The molecule has 202 valence electrons. The molecule has 0 aromatic rings. The van der Waals surface area contributed by atoms with E-state index >= 15 is 0 Å². The average Bonchev–Trinajstić information content (AvgIpc) is 2.78. The van der Waals surface area contributed by atoms with Gasteiger partial charge in [-0.25, -0.2) is 4.79 Å². The summed E-state index contributed by atoms with van der Waals surface area (Å²) in [5.41, 5.74) is 0. The highest BCUT2D eigenvalue weighted by Crippen LogP contribution is 2.27.